The predicted octanol–water partition coefficient (Wildman–Crippen LogP) is 1.93. The highest BCUT2D eigenvalue weighted by Crippen LogP contribution is 2.29. The van der Waals surface area contributed by atoms with Gasteiger partial charge < -0.3 is 15.5 Å². The molecule has 5 nitrogen and oxygen atoms in total. The molecular weight excluding hydrogens is 238 g/mol. The average Bonchev–Trinajstić information content (AvgIpc) is 2.80. The van der Waals surface area contributed by atoms with E-state index in [1.807, 2.05) is 24.3 Å². The Balaban J connectivity index is 2.17. The van der Waals surface area contributed by atoms with Crippen LogP contribution < -0.4 is 5.73 Å². The molecule has 0 atom stereocenters. The molecule has 0 aliphatic carbocycles. The van der Waals surface area contributed by atoms with Crippen molar-refractivity contribution in [2.75, 3.05) is 12.8 Å². The van der Waals surface area contributed by atoms with Crippen molar-refractivity contribution < 1.29 is 9.53 Å². The number of anilines is 1. The van der Waals surface area contributed by atoms with E-state index < -0.39 is 5.97 Å². The molecule has 0 aliphatic rings. The molecule has 0 bridgehead atoms. The van der Waals surface area contributed by atoms with Gasteiger partial charge in [-0.15, -0.1) is 0 Å². The lowest BCUT2D eigenvalue weighted by Gasteiger charge is -2.01. The van der Waals surface area contributed by atoms with Gasteiger partial charge in [-0.05, 0) is 23.9 Å². The number of methoxy groups -OCH3 is 1. The normalized spacial score (nSPS) is 10.2. The first-order valence-corrected chi connectivity index (χ1v) is 5.68. The lowest BCUT2D eigenvalue weighted by atomic mass is 10.3. The summed E-state index contributed by atoms with van der Waals surface area (Å²) in [6.45, 7) is 0. The van der Waals surface area contributed by atoms with E-state index in [2.05, 4.69) is 14.7 Å². The number of nitrogens with one attached hydrogen (secondary N) is 1. The Morgan fingerprint density at radius 3 is 2.94 bits per heavy atom. The van der Waals surface area contributed by atoms with Crippen LogP contribution in [0.15, 0.2) is 40.5 Å². The van der Waals surface area contributed by atoms with Crippen molar-refractivity contribution in [2.24, 2.45) is 0 Å². The molecule has 1 heterocycles. The van der Waals surface area contributed by atoms with Gasteiger partial charge in [0.05, 0.1) is 13.3 Å². The molecule has 1 aromatic heterocycles. The van der Waals surface area contributed by atoms with Gasteiger partial charge >= 0.3 is 5.97 Å². The van der Waals surface area contributed by atoms with E-state index in [1.165, 1.54) is 25.1 Å². The summed E-state index contributed by atoms with van der Waals surface area (Å²) in [5, 5.41) is 0.600. The summed E-state index contributed by atoms with van der Waals surface area (Å²) in [6.07, 6.45) is 1.44. The fourth-order valence-electron chi connectivity index (χ4n) is 1.25. The van der Waals surface area contributed by atoms with E-state index in [1.54, 1.807) is 0 Å². The number of carbonyl (C=O) groups is 1. The average molecular weight is 249 g/mol. The van der Waals surface area contributed by atoms with Crippen molar-refractivity contribution >= 4 is 23.4 Å². The standard InChI is InChI=1S/C11H11N3O2S/c1-16-10(15)8-6-13-11(14-8)17-9-5-3-2-4-7(9)12/h2-6H,12H2,1H3,(H,13,14). The molecule has 6 heteroatoms. The summed E-state index contributed by atoms with van der Waals surface area (Å²) in [5.74, 6) is -0.439. The zero-order chi connectivity index (χ0) is 12.3. The molecule has 88 valence electrons. The Labute approximate surface area is 102 Å². The number of nitrogens with two attached hydrogens (primary N) is 1. The van der Waals surface area contributed by atoms with Crippen molar-refractivity contribution in [1.82, 2.24) is 9.97 Å². The molecule has 1 aromatic carbocycles. The summed E-state index contributed by atoms with van der Waals surface area (Å²) in [4.78, 5) is 19.0. The maximum Gasteiger partial charge on any atom is 0.356 e. The summed E-state index contributed by atoms with van der Waals surface area (Å²) < 4.78 is 4.58. The van der Waals surface area contributed by atoms with Crippen molar-refractivity contribution in [3.8, 4) is 0 Å². The van der Waals surface area contributed by atoms with E-state index >= 15 is 0 Å². The van der Waals surface area contributed by atoms with Gasteiger partial charge in [-0.3, -0.25) is 0 Å². The Morgan fingerprint density at radius 1 is 1.47 bits per heavy atom. The number of para-hydroxylation sites is 1. The van der Waals surface area contributed by atoms with E-state index in [4.69, 9.17) is 5.73 Å². The SMILES string of the molecule is COC(=O)c1cnc(Sc2ccccc2N)[nH]1. The molecule has 2 rings (SSSR count). The fraction of sp³-hybridized carbons (Fsp3) is 0.0909. The number of nitrogens with zero attached hydrogens (tertiary/aromatic N) is 1. The Hall–Kier alpha value is -1.95. The second-order valence-corrected chi connectivity index (χ2v) is 4.26. The molecule has 3 N–H and O–H groups in total. The van der Waals surface area contributed by atoms with Crippen LogP contribution in [0.5, 0.6) is 0 Å². The van der Waals surface area contributed by atoms with E-state index in [-0.39, 0.29) is 0 Å². The molecule has 0 fully saturated rings. The maximum absolute atomic E-state index is 11.2. The highest BCUT2D eigenvalue weighted by atomic mass is 32.2. The van der Waals surface area contributed by atoms with E-state index in [9.17, 15) is 4.79 Å². The number of aromatic amines is 1. The number of hydrogen-bond acceptors (Lipinski definition) is 5. The second-order valence-electron chi connectivity index (χ2n) is 3.23. The van der Waals surface area contributed by atoms with Gasteiger partial charge in [0.25, 0.3) is 0 Å². The van der Waals surface area contributed by atoms with E-state index in [0.717, 1.165) is 4.90 Å². The van der Waals surface area contributed by atoms with Crippen molar-refractivity contribution in [3.63, 3.8) is 0 Å². The monoisotopic (exact) mass is 249 g/mol. The van der Waals surface area contributed by atoms with Crippen LogP contribution in [0.4, 0.5) is 5.69 Å². The summed E-state index contributed by atoms with van der Waals surface area (Å²) in [5.41, 5.74) is 6.81. The van der Waals surface area contributed by atoms with Crippen LogP contribution in [-0.2, 0) is 4.74 Å². The molecular formula is C11H11N3O2S. The minimum absolute atomic E-state index is 0.324. The molecule has 0 unspecified atom stereocenters. The zero-order valence-electron chi connectivity index (χ0n) is 9.14. The molecule has 0 saturated carbocycles. The largest absolute Gasteiger partial charge is 0.464 e. The first-order chi connectivity index (χ1) is 8.20. The number of carbonyl (C=O) groups excluding carboxylic acids is 1. The molecule has 17 heavy (non-hydrogen) atoms. The van der Waals surface area contributed by atoms with Gasteiger partial charge in [0.15, 0.2) is 5.16 Å². The number of hydrogen-bond donors (Lipinski definition) is 2. The minimum Gasteiger partial charge on any atom is -0.464 e. The summed E-state index contributed by atoms with van der Waals surface area (Å²) >= 11 is 1.36. The van der Waals surface area contributed by atoms with Crippen LogP contribution in [0.3, 0.4) is 0 Å². The highest BCUT2D eigenvalue weighted by Gasteiger charge is 2.10. The molecule has 0 amide bonds. The van der Waals surface area contributed by atoms with E-state index in [0.29, 0.717) is 16.5 Å². The number of ether oxygens (including phenoxy) is 1. The predicted molar refractivity (Wildman–Crippen MR) is 64.9 cm³/mol. The lowest BCUT2D eigenvalue weighted by Crippen LogP contribution is -2.00. The van der Waals surface area contributed by atoms with Crippen molar-refractivity contribution in [2.45, 2.75) is 10.1 Å². The lowest BCUT2D eigenvalue weighted by molar-refractivity contribution is 0.0594. The topological polar surface area (TPSA) is 81.0 Å². The molecule has 0 radical (unpaired) electrons. The van der Waals surface area contributed by atoms with Gasteiger partial charge in [0.1, 0.15) is 5.69 Å². The van der Waals surface area contributed by atoms with Gasteiger partial charge in [0.2, 0.25) is 0 Å². The Bertz CT molecular complexity index is 539. The number of imidazole rings is 1. The maximum atomic E-state index is 11.2. The first-order valence-electron chi connectivity index (χ1n) is 4.86. The first kappa shape index (κ1) is 11.5. The van der Waals surface area contributed by atoms with Crippen LogP contribution in [0.25, 0.3) is 0 Å². The minimum atomic E-state index is -0.439. The number of nitrogen functional groups attached to an aromatic ring is 1. The highest BCUT2D eigenvalue weighted by molar-refractivity contribution is 7.99. The quantitative estimate of drug-likeness (QED) is 0.641. The second kappa shape index (κ2) is 4.92. The third-order valence-corrected chi connectivity index (χ3v) is 3.08. The molecule has 0 saturated heterocycles. The van der Waals surface area contributed by atoms with Gasteiger partial charge in [-0.25, -0.2) is 9.78 Å². The van der Waals surface area contributed by atoms with Gasteiger partial charge in [0, 0.05) is 10.6 Å². The summed E-state index contributed by atoms with van der Waals surface area (Å²) in [7, 11) is 1.32. The van der Waals surface area contributed by atoms with Gasteiger partial charge in [-0.2, -0.15) is 0 Å². The van der Waals surface area contributed by atoms with Crippen LogP contribution in [-0.4, -0.2) is 23.0 Å². The van der Waals surface area contributed by atoms with Crippen molar-refractivity contribution in [3.05, 3.63) is 36.2 Å². The smallest absolute Gasteiger partial charge is 0.356 e. The summed E-state index contributed by atoms with van der Waals surface area (Å²) in [6, 6.07) is 7.46. The van der Waals surface area contributed by atoms with Crippen LogP contribution >= 0.6 is 11.8 Å². The van der Waals surface area contributed by atoms with Crippen molar-refractivity contribution in [1.29, 1.82) is 0 Å². The molecule has 0 aliphatic heterocycles. The number of rotatable bonds is 3. The van der Waals surface area contributed by atoms with Crippen LogP contribution in [0.1, 0.15) is 10.5 Å². The molecule has 2 aromatic rings. The molecule has 0 spiro atoms. The number of esters is 1. The number of benzene rings is 1. The Kier molecular flexibility index (Phi) is 3.34. The van der Waals surface area contributed by atoms with Crippen LogP contribution in [0.2, 0.25) is 0 Å². The third-order valence-electron chi connectivity index (χ3n) is 2.08. The van der Waals surface area contributed by atoms with Crippen LogP contribution in [0, 0.1) is 0 Å². The fourth-order valence-corrected chi connectivity index (χ4v) is 2.05. The zero-order valence-corrected chi connectivity index (χ0v) is 9.95. The van der Waals surface area contributed by atoms with Gasteiger partial charge in [-0.1, -0.05) is 12.1 Å². The Morgan fingerprint density at radius 2 is 2.24 bits per heavy atom. The third kappa shape index (κ3) is 2.59. The number of aromatic nitrogens is 2. The number of H-pyrrole nitrogens is 1.